The van der Waals surface area contributed by atoms with E-state index in [-0.39, 0.29) is 15.1 Å². The first-order chi connectivity index (χ1) is 9.29. The fourth-order valence-electron chi connectivity index (χ4n) is 1.60. The fourth-order valence-corrected chi connectivity index (χ4v) is 4.06. The summed E-state index contributed by atoms with van der Waals surface area (Å²) in [7, 11) is -3.84. The number of anilines is 1. The van der Waals surface area contributed by atoms with Gasteiger partial charge in [-0.2, -0.15) is 0 Å². The summed E-state index contributed by atoms with van der Waals surface area (Å²) in [4.78, 5) is -0.0597. The first-order valence-corrected chi connectivity index (χ1v) is 8.19. The van der Waals surface area contributed by atoms with Gasteiger partial charge in [0.05, 0.1) is 10.7 Å². The molecule has 0 aromatic heterocycles. The normalized spacial score (nSPS) is 11.4. The maximum atomic E-state index is 13.0. The highest BCUT2D eigenvalue weighted by Crippen LogP contribution is 2.28. The van der Waals surface area contributed by atoms with Crippen LogP contribution in [0.2, 0.25) is 5.02 Å². The van der Waals surface area contributed by atoms with Crippen LogP contribution in [0.1, 0.15) is 5.56 Å². The van der Waals surface area contributed by atoms with Crippen molar-refractivity contribution in [2.45, 2.75) is 11.8 Å². The summed E-state index contributed by atoms with van der Waals surface area (Å²) in [6.07, 6.45) is 0. The molecule has 0 spiro atoms. The van der Waals surface area contributed by atoms with Crippen LogP contribution in [-0.2, 0) is 10.0 Å². The Hall–Kier alpha value is -1.11. The van der Waals surface area contributed by atoms with E-state index in [1.807, 2.05) is 6.92 Å². The molecule has 0 fully saturated rings. The van der Waals surface area contributed by atoms with E-state index in [1.54, 1.807) is 18.2 Å². The molecule has 20 heavy (non-hydrogen) atoms. The third-order valence-electron chi connectivity index (χ3n) is 2.55. The summed E-state index contributed by atoms with van der Waals surface area (Å²) in [5.41, 5.74) is 1.19. The van der Waals surface area contributed by atoms with E-state index >= 15 is 0 Å². The van der Waals surface area contributed by atoms with Crippen molar-refractivity contribution in [1.82, 2.24) is 0 Å². The lowest BCUT2D eigenvalue weighted by atomic mass is 10.2. The van der Waals surface area contributed by atoms with Crippen molar-refractivity contribution in [2.75, 3.05) is 4.72 Å². The Morgan fingerprint density at radius 2 is 1.90 bits per heavy atom. The third-order valence-corrected chi connectivity index (χ3v) is 5.21. The van der Waals surface area contributed by atoms with Crippen molar-refractivity contribution < 1.29 is 12.8 Å². The van der Waals surface area contributed by atoms with E-state index in [4.69, 9.17) is 11.6 Å². The van der Waals surface area contributed by atoms with Crippen molar-refractivity contribution in [1.29, 1.82) is 0 Å². The van der Waals surface area contributed by atoms with Crippen LogP contribution in [0.4, 0.5) is 10.1 Å². The van der Waals surface area contributed by atoms with Crippen LogP contribution in [0, 0.1) is 12.7 Å². The molecule has 0 aliphatic heterocycles. The predicted octanol–water partition coefficient (Wildman–Crippen LogP) is 4.35. The van der Waals surface area contributed by atoms with Crippen molar-refractivity contribution >= 4 is 43.2 Å². The molecule has 0 saturated carbocycles. The highest BCUT2D eigenvalue weighted by molar-refractivity contribution is 9.10. The number of sulfonamides is 1. The average molecular weight is 379 g/mol. The van der Waals surface area contributed by atoms with Crippen LogP contribution in [0.25, 0.3) is 0 Å². The third kappa shape index (κ3) is 3.31. The second kappa shape index (κ2) is 5.71. The maximum absolute atomic E-state index is 13.0. The van der Waals surface area contributed by atoms with Gasteiger partial charge < -0.3 is 0 Å². The second-order valence-electron chi connectivity index (χ2n) is 4.16. The van der Waals surface area contributed by atoms with Gasteiger partial charge in [-0.3, -0.25) is 4.72 Å². The highest BCUT2D eigenvalue weighted by atomic mass is 79.9. The van der Waals surface area contributed by atoms with Crippen LogP contribution >= 0.6 is 27.5 Å². The molecule has 7 heteroatoms. The van der Waals surface area contributed by atoms with Gasteiger partial charge in [-0.1, -0.05) is 17.7 Å². The van der Waals surface area contributed by atoms with Crippen LogP contribution in [-0.4, -0.2) is 8.42 Å². The first-order valence-electron chi connectivity index (χ1n) is 5.53. The number of benzene rings is 2. The molecule has 1 N–H and O–H groups in total. The van der Waals surface area contributed by atoms with Gasteiger partial charge in [0.15, 0.2) is 0 Å². The Kier molecular flexibility index (Phi) is 4.36. The van der Waals surface area contributed by atoms with Gasteiger partial charge >= 0.3 is 0 Å². The van der Waals surface area contributed by atoms with Gasteiger partial charge in [0.25, 0.3) is 10.0 Å². The van der Waals surface area contributed by atoms with Gasteiger partial charge in [0.1, 0.15) is 10.7 Å². The molecule has 2 rings (SSSR count). The Bertz CT molecular complexity index is 765. The van der Waals surface area contributed by atoms with E-state index in [2.05, 4.69) is 20.7 Å². The van der Waals surface area contributed by atoms with E-state index in [0.717, 1.165) is 17.7 Å². The molecular weight excluding hydrogens is 369 g/mol. The monoisotopic (exact) mass is 377 g/mol. The van der Waals surface area contributed by atoms with Crippen molar-refractivity contribution in [3.05, 3.63) is 57.3 Å². The number of hydrogen-bond donors (Lipinski definition) is 1. The van der Waals surface area contributed by atoms with Crippen molar-refractivity contribution in [3.63, 3.8) is 0 Å². The number of halogens is 3. The predicted molar refractivity (Wildman–Crippen MR) is 81.1 cm³/mol. The zero-order valence-electron chi connectivity index (χ0n) is 10.3. The summed E-state index contributed by atoms with van der Waals surface area (Å²) in [5, 5.41) is 0.298. The molecule has 0 aliphatic rings. The maximum Gasteiger partial charge on any atom is 0.263 e. The molecule has 3 nitrogen and oxygen atoms in total. The Labute approximate surface area is 130 Å². The summed E-state index contributed by atoms with van der Waals surface area (Å²) in [6.45, 7) is 1.85. The van der Waals surface area contributed by atoms with Crippen molar-refractivity contribution in [2.24, 2.45) is 0 Å². The van der Waals surface area contributed by atoms with E-state index in [9.17, 15) is 12.8 Å². The summed E-state index contributed by atoms with van der Waals surface area (Å²) in [5.74, 6) is -0.524. The van der Waals surface area contributed by atoms with E-state index < -0.39 is 15.8 Å². The molecule has 2 aromatic rings. The number of nitrogens with one attached hydrogen (secondary N) is 1. The highest BCUT2D eigenvalue weighted by Gasteiger charge is 2.19. The van der Waals surface area contributed by atoms with Gasteiger partial charge in [0.2, 0.25) is 0 Å². The molecule has 0 bridgehead atoms. The number of aryl methyl sites for hydroxylation is 1. The Balaban J connectivity index is 2.41. The Morgan fingerprint density at radius 3 is 2.50 bits per heavy atom. The lowest BCUT2D eigenvalue weighted by molar-refractivity contribution is 0.599. The minimum Gasteiger partial charge on any atom is -0.278 e. The molecule has 0 saturated heterocycles. The summed E-state index contributed by atoms with van der Waals surface area (Å²) >= 11 is 9.02. The molecule has 106 valence electrons. The van der Waals surface area contributed by atoms with E-state index in [0.29, 0.717) is 5.02 Å². The van der Waals surface area contributed by atoms with Gasteiger partial charge in [-0.05, 0) is 58.7 Å². The Morgan fingerprint density at radius 1 is 1.20 bits per heavy atom. The van der Waals surface area contributed by atoms with Gasteiger partial charge in [0, 0.05) is 4.47 Å². The topological polar surface area (TPSA) is 46.2 Å². The zero-order valence-corrected chi connectivity index (χ0v) is 13.5. The van der Waals surface area contributed by atoms with E-state index in [1.165, 1.54) is 6.07 Å². The van der Waals surface area contributed by atoms with Crippen LogP contribution in [0.15, 0.2) is 45.8 Å². The molecule has 0 heterocycles. The van der Waals surface area contributed by atoms with Crippen molar-refractivity contribution in [3.8, 4) is 0 Å². The minimum atomic E-state index is -3.84. The number of rotatable bonds is 3. The molecule has 0 atom stereocenters. The molecule has 0 aliphatic carbocycles. The molecule has 0 radical (unpaired) electrons. The SMILES string of the molecule is Cc1ccc(NS(=O)(=O)c2ccc(F)cc2Br)c(Cl)c1. The second-order valence-corrected chi connectivity index (χ2v) is 7.08. The van der Waals surface area contributed by atoms with Gasteiger partial charge in [-0.15, -0.1) is 0 Å². The first kappa shape index (κ1) is 15.3. The molecule has 0 amide bonds. The largest absolute Gasteiger partial charge is 0.278 e. The lowest BCUT2D eigenvalue weighted by Crippen LogP contribution is -2.14. The average Bonchev–Trinajstić information content (AvgIpc) is 2.32. The smallest absolute Gasteiger partial charge is 0.263 e. The minimum absolute atomic E-state index is 0.0597. The lowest BCUT2D eigenvalue weighted by Gasteiger charge is -2.11. The van der Waals surface area contributed by atoms with Crippen LogP contribution in [0.3, 0.4) is 0 Å². The summed E-state index contributed by atoms with van der Waals surface area (Å²) in [6, 6.07) is 8.32. The number of hydrogen-bond acceptors (Lipinski definition) is 2. The standard InChI is InChI=1S/C13H10BrClFNO2S/c1-8-2-4-12(11(15)6-8)17-20(18,19)13-5-3-9(16)7-10(13)14/h2-7,17H,1H3. The molecule has 0 unspecified atom stereocenters. The quantitative estimate of drug-likeness (QED) is 0.863. The fraction of sp³-hybridized carbons (Fsp3) is 0.0769. The zero-order chi connectivity index (χ0) is 14.9. The van der Waals surface area contributed by atoms with Gasteiger partial charge in [-0.25, -0.2) is 12.8 Å². The van der Waals surface area contributed by atoms with Crippen LogP contribution < -0.4 is 4.72 Å². The van der Waals surface area contributed by atoms with Crippen LogP contribution in [0.5, 0.6) is 0 Å². The molecule has 2 aromatic carbocycles. The molecular formula is C13H10BrClFNO2S. The summed E-state index contributed by atoms with van der Waals surface area (Å²) < 4.78 is 40.0.